The number of aliphatic hydroxyl groups excluding tert-OH is 1. The summed E-state index contributed by atoms with van der Waals surface area (Å²) in [5, 5.41) is 9.14. The summed E-state index contributed by atoms with van der Waals surface area (Å²) in [6.07, 6.45) is 0.736. The molecule has 0 amide bonds. The van der Waals surface area contributed by atoms with E-state index >= 15 is 0 Å². The smallest absolute Gasteiger partial charge is 0.103 e. The highest BCUT2D eigenvalue weighted by molar-refractivity contribution is 4.95. The molecule has 0 saturated carbocycles. The molecule has 1 fully saturated rings. The molecule has 0 radical (unpaired) electrons. The van der Waals surface area contributed by atoms with Crippen LogP contribution in [0.25, 0.3) is 0 Å². The van der Waals surface area contributed by atoms with Crippen LogP contribution in [0.2, 0.25) is 0 Å². The van der Waals surface area contributed by atoms with E-state index in [2.05, 4.69) is 6.58 Å². The number of aliphatic hydroxyl groups is 1. The quantitative estimate of drug-likeness (QED) is 0.458. The summed E-state index contributed by atoms with van der Waals surface area (Å²) in [6, 6.07) is -0.243. The topological polar surface area (TPSA) is 55.5 Å². The summed E-state index contributed by atoms with van der Waals surface area (Å²) in [7, 11) is 0. The second-order valence-corrected chi connectivity index (χ2v) is 2.19. The van der Waals surface area contributed by atoms with E-state index in [9.17, 15) is 0 Å². The highest BCUT2D eigenvalue weighted by Gasteiger charge is 2.30. The van der Waals surface area contributed by atoms with Crippen molar-refractivity contribution in [1.29, 1.82) is 0 Å². The Morgan fingerprint density at radius 1 is 1.78 bits per heavy atom. The average Bonchev–Trinajstić information content (AvgIpc) is 2.15. The molecule has 0 bridgehead atoms. The van der Waals surface area contributed by atoms with Gasteiger partial charge in [-0.25, -0.2) is 0 Å². The number of hydrogen-bond acceptors (Lipinski definition) is 3. The van der Waals surface area contributed by atoms with Gasteiger partial charge < -0.3 is 15.6 Å². The number of nitrogens with two attached hydrogens (primary N) is 1. The van der Waals surface area contributed by atoms with Crippen LogP contribution in [0, 0.1) is 0 Å². The molecule has 0 aromatic heterocycles. The molecule has 1 rings (SSSR count). The van der Waals surface area contributed by atoms with Crippen LogP contribution in [0.4, 0.5) is 0 Å². The molecule has 52 valence electrons. The molecule has 9 heavy (non-hydrogen) atoms. The van der Waals surface area contributed by atoms with Gasteiger partial charge in [-0.1, -0.05) is 6.08 Å². The van der Waals surface area contributed by atoms with Gasteiger partial charge in [0.2, 0.25) is 0 Å². The highest BCUT2D eigenvalue weighted by Crippen LogP contribution is 2.12. The zero-order chi connectivity index (χ0) is 6.85. The third-order valence-electron chi connectivity index (χ3n) is 1.49. The number of rotatable bonds is 1. The standard InChI is InChI=1S/C6H11NO2/c1-2-5-6(8)4(7)3-9-5/h2,4-6,8H,1,3,7H2. The van der Waals surface area contributed by atoms with Crippen LogP contribution >= 0.6 is 0 Å². The minimum atomic E-state index is -0.567. The highest BCUT2D eigenvalue weighted by atomic mass is 16.5. The minimum Gasteiger partial charge on any atom is -0.388 e. The van der Waals surface area contributed by atoms with Crippen molar-refractivity contribution in [3.05, 3.63) is 12.7 Å². The first kappa shape index (κ1) is 6.74. The lowest BCUT2D eigenvalue weighted by Crippen LogP contribution is -2.35. The van der Waals surface area contributed by atoms with Crippen molar-refractivity contribution in [2.24, 2.45) is 5.73 Å². The van der Waals surface area contributed by atoms with Gasteiger partial charge in [0, 0.05) is 0 Å². The van der Waals surface area contributed by atoms with Crippen LogP contribution < -0.4 is 5.73 Å². The maximum absolute atomic E-state index is 9.14. The predicted molar refractivity (Wildman–Crippen MR) is 33.9 cm³/mol. The SMILES string of the molecule is C=CC1OCC(N)C1O. The van der Waals surface area contributed by atoms with E-state index in [4.69, 9.17) is 15.6 Å². The first-order chi connectivity index (χ1) is 4.25. The third-order valence-corrected chi connectivity index (χ3v) is 1.49. The summed E-state index contributed by atoms with van der Waals surface area (Å²) < 4.78 is 5.03. The van der Waals surface area contributed by atoms with Crippen molar-refractivity contribution in [3.8, 4) is 0 Å². The second kappa shape index (κ2) is 2.47. The van der Waals surface area contributed by atoms with Gasteiger partial charge in [0.1, 0.15) is 12.2 Å². The lowest BCUT2D eigenvalue weighted by molar-refractivity contribution is 0.0738. The molecule has 1 heterocycles. The van der Waals surface area contributed by atoms with Gasteiger partial charge in [0.15, 0.2) is 0 Å². The molecule has 0 aromatic carbocycles. The van der Waals surface area contributed by atoms with Gasteiger partial charge in [-0.3, -0.25) is 0 Å². The maximum atomic E-state index is 9.14. The predicted octanol–water partition coefficient (Wildman–Crippen LogP) is -0.741. The van der Waals surface area contributed by atoms with Gasteiger partial charge in [-0.2, -0.15) is 0 Å². The number of ether oxygens (including phenoxy) is 1. The fourth-order valence-corrected chi connectivity index (χ4v) is 0.871. The van der Waals surface area contributed by atoms with E-state index in [0.29, 0.717) is 6.61 Å². The van der Waals surface area contributed by atoms with E-state index in [1.54, 1.807) is 6.08 Å². The zero-order valence-corrected chi connectivity index (χ0v) is 5.16. The average molecular weight is 129 g/mol. The third kappa shape index (κ3) is 1.13. The van der Waals surface area contributed by atoms with Crippen molar-refractivity contribution in [3.63, 3.8) is 0 Å². The van der Waals surface area contributed by atoms with Crippen molar-refractivity contribution in [2.75, 3.05) is 6.61 Å². The first-order valence-corrected chi connectivity index (χ1v) is 2.93. The van der Waals surface area contributed by atoms with E-state index in [0.717, 1.165) is 0 Å². The number of hydrogen-bond donors (Lipinski definition) is 2. The Hall–Kier alpha value is -0.380. The Kier molecular flexibility index (Phi) is 1.85. The van der Waals surface area contributed by atoms with E-state index in [-0.39, 0.29) is 12.1 Å². The Bertz CT molecular complexity index is 116. The van der Waals surface area contributed by atoms with Crippen LogP contribution in [0.1, 0.15) is 0 Å². The first-order valence-electron chi connectivity index (χ1n) is 2.93. The fourth-order valence-electron chi connectivity index (χ4n) is 0.871. The Morgan fingerprint density at radius 2 is 2.44 bits per heavy atom. The summed E-state index contributed by atoms with van der Waals surface area (Å²) in [5.74, 6) is 0. The molecule has 1 aliphatic rings. The van der Waals surface area contributed by atoms with Crippen LogP contribution in [0.15, 0.2) is 12.7 Å². The fraction of sp³-hybridized carbons (Fsp3) is 0.667. The molecule has 3 atom stereocenters. The lowest BCUT2D eigenvalue weighted by atomic mass is 10.1. The molecule has 3 nitrogen and oxygen atoms in total. The Balaban J connectivity index is 2.50. The summed E-state index contributed by atoms with van der Waals surface area (Å²) in [6.45, 7) is 3.92. The van der Waals surface area contributed by atoms with E-state index in [1.165, 1.54) is 0 Å². The second-order valence-electron chi connectivity index (χ2n) is 2.19. The van der Waals surface area contributed by atoms with Gasteiger partial charge >= 0.3 is 0 Å². The molecule has 1 aliphatic heterocycles. The molecule has 3 unspecified atom stereocenters. The van der Waals surface area contributed by atoms with Crippen LogP contribution in [-0.2, 0) is 4.74 Å². The minimum absolute atomic E-state index is 0.243. The summed E-state index contributed by atoms with van der Waals surface area (Å²) >= 11 is 0. The van der Waals surface area contributed by atoms with Crippen molar-refractivity contribution >= 4 is 0 Å². The van der Waals surface area contributed by atoms with Gasteiger partial charge in [-0.15, -0.1) is 6.58 Å². The molecule has 3 heteroatoms. The van der Waals surface area contributed by atoms with Crippen LogP contribution in [-0.4, -0.2) is 30.0 Å². The van der Waals surface area contributed by atoms with Gasteiger partial charge in [0.05, 0.1) is 12.6 Å². The monoisotopic (exact) mass is 129 g/mol. The van der Waals surface area contributed by atoms with E-state index in [1.807, 2.05) is 0 Å². The van der Waals surface area contributed by atoms with E-state index < -0.39 is 6.10 Å². The van der Waals surface area contributed by atoms with Gasteiger partial charge in [0.25, 0.3) is 0 Å². The molecule has 0 spiro atoms. The zero-order valence-electron chi connectivity index (χ0n) is 5.16. The molecule has 0 aliphatic carbocycles. The van der Waals surface area contributed by atoms with Crippen LogP contribution in [0.3, 0.4) is 0 Å². The lowest BCUT2D eigenvalue weighted by Gasteiger charge is -2.09. The van der Waals surface area contributed by atoms with Crippen molar-refractivity contribution in [2.45, 2.75) is 18.2 Å². The summed E-state index contributed by atoms with van der Waals surface area (Å²) in [4.78, 5) is 0. The summed E-state index contributed by atoms with van der Waals surface area (Å²) in [5.41, 5.74) is 5.42. The van der Waals surface area contributed by atoms with Crippen molar-refractivity contribution in [1.82, 2.24) is 0 Å². The maximum Gasteiger partial charge on any atom is 0.103 e. The Labute approximate surface area is 54.1 Å². The largest absolute Gasteiger partial charge is 0.388 e. The molecule has 0 aromatic rings. The molecular weight excluding hydrogens is 118 g/mol. The molecule has 1 saturated heterocycles. The Morgan fingerprint density at radius 3 is 2.67 bits per heavy atom. The van der Waals surface area contributed by atoms with Crippen molar-refractivity contribution < 1.29 is 9.84 Å². The molecule has 3 N–H and O–H groups in total. The normalized spacial score (nSPS) is 43.1. The molecular formula is C6H11NO2. The van der Waals surface area contributed by atoms with Crippen LogP contribution in [0.5, 0.6) is 0 Å². The van der Waals surface area contributed by atoms with Gasteiger partial charge in [-0.05, 0) is 0 Å².